The highest BCUT2D eigenvalue weighted by molar-refractivity contribution is 7.48. The van der Waals surface area contributed by atoms with Gasteiger partial charge in [0.05, 0.1) is 19.8 Å². The van der Waals surface area contributed by atoms with Crippen LogP contribution >= 0.6 is 7.82 Å². The van der Waals surface area contributed by atoms with Gasteiger partial charge in [0.25, 0.3) is 0 Å². The lowest BCUT2D eigenvalue weighted by atomic mass is 10.5. The Bertz CT molecular complexity index is 281. The van der Waals surface area contributed by atoms with E-state index in [1.807, 2.05) is 13.8 Å². The first kappa shape index (κ1) is 17.8. The van der Waals surface area contributed by atoms with E-state index in [9.17, 15) is 9.77 Å². The van der Waals surface area contributed by atoms with Gasteiger partial charge < -0.3 is 0 Å². The van der Waals surface area contributed by atoms with Gasteiger partial charge in [-0.2, -0.15) is 4.65 Å². The molecule has 0 spiro atoms. The molecule has 0 aliphatic carbocycles. The molecule has 0 saturated carbocycles. The van der Waals surface area contributed by atoms with Crippen molar-refractivity contribution in [3.8, 4) is 0 Å². The van der Waals surface area contributed by atoms with Crippen molar-refractivity contribution >= 4 is 7.82 Å². The predicted octanol–water partition coefficient (Wildman–Crippen LogP) is 2.94. The Labute approximate surface area is 109 Å². The first-order valence-electron chi connectivity index (χ1n) is 6.26. The van der Waals surface area contributed by atoms with Crippen LogP contribution in [0.1, 0.15) is 27.7 Å². The molecule has 0 radical (unpaired) electrons. The lowest BCUT2D eigenvalue weighted by Crippen LogP contribution is -2.38. The fourth-order valence-electron chi connectivity index (χ4n) is 1.24. The van der Waals surface area contributed by atoms with Crippen LogP contribution in [-0.4, -0.2) is 42.8 Å². The molecule has 0 bridgehead atoms. The lowest BCUT2D eigenvalue weighted by molar-refractivity contribution is -1.06. The summed E-state index contributed by atoms with van der Waals surface area (Å²) in [6.45, 7) is 8.88. The Morgan fingerprint density at radius 3 is 1.94 bits per heavy atom. The first-order valence-corrected chi connectivity index (χ1v) is 7.72. The molecule has 0 amide bonds. The molecule has 0 aromatic rings. The highest BCUT2D eigenvalue weighted by Crippen LogP contribution is 2.49. The van der Waals surface area contributed by atoms with Crippen molar-refractivity contribution < 1.29 is 28.0 Å². The van der Waals surface area contributed by atoms with Crippen molar-refractivity contribution in [2.24, 2.45) is 0 Å². The zero-order chi connectivity index (χ0) is 14.1. The summed E-state index contributed by atoms with van der Waals surface area (Å²) in [7, 11) is -3.46. The van der Waals surface area contributed by atoms with E-state index in [1.165, 1.54) is 0 Å². The Morgan fingerprint density at radius 2 is 1.56 bits per heavy atom. The number of nitrogens with zero attached hydrogens (tertiary/aromatic N) is 1. The van der Waals surface area contributed by atoms with Gasteiger partial charge in [0, 0.05) is 0 Å². The normalized spacial score (nSPS) is 13.4. The average Bonchev–Trinajstić information content (AvgIpc) is 2.35. The molecule has 0 aromatic carbocycles. The molecule has 0 aromatic heterocycles. The van der Waals surface area contributed by atoms with E-state index in [0.717, 1.165) is 0 Å². The first-order chi connectivity index (χ1) is 8.45. The second kappa shape index (κ2) is 8.80. The topological polar surface area (TPSA) is 65.0 Å². The van der Waals surface area contributed by atoms with Crippen LogP contribution in [-0.2, 0) is 18.1 Å². The molecular formula is C11H25NO5P+. The van der Waals surface area contributed by atoms with Crippen molar-refractivity contribution in [2.75, 3.05) is 32.9 Å². The number of quaternary nitrogens is 1. The van der Waals surface area contributed by atoms with Crippen molar-refractivity contribution in [2.45, 2.75) is 27.7 Å². The van der Waals surface area contributed by atoms with E-state index in [-0.39, 0.29) is 24.5 Å². The van der Waals surface area contributed by atoms with Gasteiger partial charge in [-0.3, -0.25) is 13.6 Å². The molecule has 0 rings (SSSR count). The maximum Gasteiger partial charge on any atom is 0.475 e. The molecule has 0 heterocycles. The fraction of sp³-hybridized carbons (Fsp3) is 0.818. The van der Waals surface area contributed by atoms with E-state index in [2.05, 4.69) is 0 Å². The third-order valence-corrected chi connectivity index (χ3v) is 4.00. The van der Waals surface area contributed by atoms with E-state index < -0.39 is 7.82 Å². The van der Waals surface area contributed by atoms with Gasteiger partial charge in [0.2, 0.25) is 0 Å². The van der Waals surface area contributed by atoms with Crippen molar-refractivity contribution in [3.05, 3.63) is 12.3 Å². The summed E-state index contributed by atoms with van der Waals surface area (Å²) in [6.07, 6.45) is 3.21. The number of phosphoric acid groups is 1. The van der Waals surface area contributed by atoms with Crippen molar-refractivity contribution in [1.82, 2.24) is 0 Å². The van der Waals surface area contributed by atoms with Crippen molar-refractivity contribution in [3.63, 3.8) is 0 Å². The molecule has 0 saturated heterocycles. The van der Waals surface area contributed by atoms with Gasteiger partial charge >= 0.3 is 7.82 Å². The predicted molar refractivity (Wildman–Crippen MR) is 69.1 cm³/mol. The van der Waals surface area contributed by atoms with Crippen molar-refractivity contribution in [1.29, 1.82) is 0 Å². The summed E-state index contributed by atoms with van der Waals surface area (Å²) in [5, 5.41) is 9.93. The van der Waals surface area contributed by atoms with Crippen LogP contribution in [0.3, 0.4) is 0 Å². The summed E-state index contributed by atoms with van der Waals surface area (Å²) < 4.78 is 26.8. The SMILES string of the molecule is CCOP(=O)(OCC)OC/C=C/[N+](O)(CC)CC. The number of phosphoric ester groups is 1. The standard InChI is InChI=1S/C11H25NO5P/c1-5-12(13,6-2)10-9-11-17-18(14,15-7-3)16-8-4/h9-10,13H,5-8,11H2,1-4H3/q+1/b10-9+. The van der Waals surface area contributed by atoms with Crippen LogP contribution in [0.5, 0.6) is 0 Å². The lowest BCUT2D eigenvalue weighted by Gasteiger charge is -2.22. The number of hydrogen-bond acceptors (Lipinski definition) is 5. The smallest absolute Gasteiger partial charge is 0.287 e. The van der Waals surface area contributed by atoms with Gasteiger partial charge in [-0.1, -0.05) is 0 Å². The van der Waals surface area contributed by atoms with Crippen LogP contribution in [0.25, 0.3) is 0 Å². The third-order valence-electron chi connectivity index (χ3n) is 2.38. The van der Waals surface area contributed by atoms with Gasteiger partial charge in [-0.15, -0.1) is 0 Å². The number of rotatable bonds is 10. The summed E-state index contributed by atoms with van der Waals surface area (Å²) in [6, 6.07) is 0. The molecule has 7 heteroatoms. The highest BCUT2D eigenvalue weighted by Gasteiger charge is 2.24. The van der Waals surface area contributed by atoms with Crippen LogP contribution in [0, 0.1) is 0 Å². The quantitative estimate of drug-likeness (QED) is 0.379. The molecule has 0 aliphatic heterocycles. The van der Waals surface area contributed by atoms with Crippen LogP contribution in [0.4, 0.5) is 0 Å². The largest absolute Gasteiger partial charge is 0.475 e. The third kappa shape index (κ3) is 6.64. The molecule has 1 N–H and O–H groups in total. The van der Waals surface area contributed by atoms with Crippen LogP contribution in [0.2, 0.25) is 0 Å². The Balaban J connectivity index is 4.30. The Hall–Kier alpha value is -0.230. The molecule has 6 nitrogen and oxygen atoms in total. The summed E-state index contributed by atoms with van der Waals surface area (Å²) >= 11 is 0. The highest BCUT2D eigenvalue weighted by atomic mass is 31.2. The fourth-order valence-corrected chi connectivity index (χ4v) is 2.36. The number of hydroxylamine groups is 3. The zero-order valence-electron chi connectivity index (χ0n) is 11.7. The molecule has 0 fully saturated rings. The van der Waals surface area contributed by atoms with Gasteiger partial charge in [-0.25, -0.2) is 9.77 Å². The zero-order valence-corrected chi connectivity index (χ0v) is 12.6. The summed E-state index contributed by atoms with van der Waals surface area (Å²) in [4.78, 5) is 0. The van der Waals surface area contributed by atoms with Crippen LogP contribution in [0.15, 0.2) is 12.3 Å². The molecular weight excluding hydrogens is 257 g/mol. The van der Waals surface area contributed by atoms with E-state index >= 15 is 0 Å². The Morgan fingerprint density at radius 1 is 1.06 bits per heavy atom. The van der Waals surface area contributed by atoms with E-state index in [4.69, 9.17) is 13.6 Å². The molecule has 0 atom stereocenters. The van der Waals surface area contributed by atoms with Gasteiger partial charge in [-0.05, 0) is 33.8 Å². The second-order valence-electron chi connectivity index (χ2n) is 3.58. The van der Waals surface area contributed by atoms with E-state index in [1.54, 1.807) is 26.1 Å². The van der Waals surface area contributed by atoms with E-state index in [0.29, 0.717) is 13.1 Å². The minimum Gasteiger partial charge on any atom is -0.287 e. The maximum absolute atomic E-state index is 11.9. The van der Waals surface area contributed by atoms with Crippen LogP contribution < -0.4 is 0 Å². The second-order valence-corrected chi connectivity index (χ2v) is 5.25. The Kier molecular flexibility index (Phi) is 8.69. The minimum atomic E-state index is -3.46. The number of hydrogen-bond donors (Lipinski definition) is 1. The van der Waals surface area contributed by atoms with Gasteiger partial charge in [0.1, 0.15) is 19.3 Å². The molecule has 0 aliphatic rings. The minimum absolute atomic E-state index is 0.0673. The molecule has 108 valence electrons. The summed E-state index contributed by atoms with van der Waals surface area (Å²) in [5.41, 5.74) is 0. The molecule has 18 heavy (non-hydrogen) atoms. The molecule has 0 unspecified atom stereocenters. The maximum atomic E-state index is 11.9. The average molecular weight is 282 g/mol. The van der Waals surface area contributed by atoms with Gasteiger partial charge in [0.15, 0.2) is 0 Å². The monoisotopic (exact) mass is 282 g/mol. The summed E-state index contributed by atoms with van der Waals surface area (Å²) in [5.74, 6) is 0.